The lowest BCUT2D eigenvalue weighted by Gasteiger charge is -2.14. The van der Waals surface area contributed by atoms with E-state index in [1.54, 1.807) is 29.5 Å². The number of thiazole rings is 1. The first-order chi connectivity index (χ1) is 9.40. The second-order valence-electron chi connectivity index (χ2n) is 5.42. The summed E-state index contributed by atoms with van der Waals surface area (Å²) in [5.41, 5.74) is 1.56. The van der Waals surface area contributed by atoms with Crippen LogP contribution in [0.5, 0.6) is 5.75 Å². The Labute approximate surface area is 127 Å². The van der Waals surface area contributed by atoms with Crippen LogP contribution in [0.25, 0.3) is 0 Å². The topological polar surface area (TPSA) is 45.9 Å². The van der Waals surface area contributed by atoms with Gasteiger partial charge in [0.05, 0.1) is 16.3 Å². The molecule has 0 aliphatic heterocycles. The van der Waals surface area contributed by atoms with Crippen molar-refractivity contribution in [2.24, 2.45) is 0 Å². The predicted molar refractivity (Wildman–Crippen MR) is 81.3 cm³/mol. The van der Waals surface area contributed by atoms with Gasteiger partial charge in [-0.1, -0.05) is 32.4 Å². The molecule has 20 heavy (non-hydrogen) atoms. The summed E-state index contributed by atoms with van der Waals surface area (Å²) < 4.78 is 5.65. The molecule has 0 saturated carbocycles. The number of ether oxygens (including phenoxy) is 1. The second-order valence-corrected chi connectivity index (χ2v) is 6.77. The van der Waals surface area contributed by atoms with Crippen LogP contribution in [-0.2, 0) is 12.0 Å². The number of halogens is 1. The second kappa shape index (κ2) is 5.82. The van der Waals surface area contributed by atoms with Crippen LogP contribution >= 0.6 is 22.9 Å². The van der Waals surface area contributed by atoms with Crippen LogP contribution in [0.2, 0.25) is 5.02 Å². The Morgan fingerprint density at radius 2 is 2.15 bits per heavy atom. The molecule has 0 radical (unpaired) electrons. The zero-order valence-corrected chi connectivity index (χ0v) is 13.2. The Morgan fingerprint density at radius 3 is 2.70 bits per heavy atom. The molecule has 0 N–H and O–H groups in total. The maximum absolute atomic E-state index is 8.81. The van der Waals surface area contributed by atoms with Crippen molar-refractivity contribution in [3.8, 4) is 11.8 Å². The summed E-state index contributed by atoms with van der Waals surface area (Å²) in [5.74, 6) is 0.640. The summed E-state index contributed by atoms with van der Waals surface area (Å²) in [4.78, 5) is 4.56. The molecule has 0 aliphatic rings. The van der Waals surface area contributed by atoms with E-state index in [0.29, 0.717) is 22.9 Å². The van der Waals surface area contributed by atoms with Crippen molar-refractivity contribution in [3.63, 3.8) is 0 Å². The average molecular weight is 307 g/mol. The van der Waals surface area contributed by atoms with Gasteiger partial charge in [-0.2, -0.15) is 5.26 Å². The Balaban J connectivity index is 2.04. The summed E-state index contributed by atoms with van der Waals surface area (Å²) in [6, 6.07) is 7.06. The SMILES string of the molecule is CC(C)(C)c1csc(COc2ccc(C#N)c(Cl)c2)n1. The van der Waals surface area contributed by atoms with E-state index in [9.17, 15) is 0 Å². The van der Waals surface area contributed by atoms with Gasteiger partial charge >= 0.3 is 0 Å². The summed E-state index contributed by atoms with van der Waals surface area (Å²) in [6.07, 6.45) is 0. The molecular weight excluding hydrogens is 292 g/mol. The summed E-state index contributed by atoms with van der Waals surface area (Å²) in [6.45, 7) is 6.80. The highest BCUT2D eigenvalue weighted by atomic mass is 35.5. The third-order valence-electron chi connectivity index (χ3n) is 2.74. The summed E-state index contributed by atoms with van der Waals surface area (Å²) in [5, 5.41) is 12.2. The van der Waals surface area contributed by atoms with E-state index in [2.05, 4.69) is 31.1 Å². The summed E-state index contributed by atoms with van der Waals surface area (Å²) >= 11 is 7.55. The monoisotopic (exact) mass is 306 g/mol. The van der Waals surface area contributed by atoms with Gasteiger partial charge in [-0.05, 0) is 12.1 Å². The van der Waals surface area contributed by atoms with Crippen molar-refractivity contribution in [2.45, 2.75) is 32.8 Å². The van der Waals surface area contributed by atoms with E-state index in [4.69, 9.17) is 21.6 Å². The van der Waals surface area contributed by atoms with Crippen LogP contribution in [0.4, 0.5) is 0 Å². The van der Waals surface area contributed by atoms with E-state index >= 15 is 0 Å². The smallest absolute Gasteiger partial charge is 0.140 e. The molecule has 0 spiro atoms. The number of nitriles is 1. The first kappa shape index (κ1) is 14.8. The Kier molecular flexibility index (Phi) is 4.32. The lowest BCUT2D eigenvalue weighted by atomic mass is 9.93. The molecule has 0 fully saturated rings. The first-order valence-electron chi connectivity index (χ1n) is 6.17. The van der Waals surface area contributed by atoms with Crippen molar-refractivity contribution < 1.29 is 4.74 Å². The van der Waals surface area contributed by atoms with Gasteiger partial charge in [-0.15, -0.1) is 11.3 Å². The molecule has 2 aromatic rings. The van der Waals surface area contributed by atoms with Crippen LogP contribution < -0.4 is 4.74 Å². The van der Waals surface area contributed by atoms with Crippen LogP contribution in [-0.4, -0.2) is 4.98 Å². The van der Waals surface area contributed by atoms with Gasteiger partial charge in [0.2, 0.25) is 0 Å². The van der Waals surface area contributed by atoms with Gasteiger partial charge in [-0.25, -0.2) is 4.98 Å². The Morgan fingerprint density at radius 1 is 1.40 bits per heavy atom. The third-order valence-corrected chi connectivity index (χ3v) is 3.88. The normalized spacial score (nSPS) is 11.2. The van der Waals surface area contributed by atoms with Crippen molar-refractivity contribution in [3.05, 3.63) is 44.9 Å². The number of hydrogen-bond acceptors (Lipinski definition) is 4. The van der Waals surface area contributed by atoms with E-state index < -0.39 is 0 Å². The zero-order chi connectivity index (χ0) is 14.8. The minimum atomic E-state index is 0.0481. The van der Waals surface area contributed by atoms with E-state index in [0.717, 1.165) is 10.7 Å². The maximum atomic E-state index is 8.81. The first-order valence-corrected chi connectivity index (χ1v) is 7.43. The molecule has 2 rings (SSSR count). The molecule has 3 nitrogen and oxygen atoms in total. The highest BCUT2D eigenvalue weighted by molar-refractivity contribution is 7.09. The largest absolute Gasteiger partial charge is 0.486 e. The van der Waals surface area contributed by atoms with Gasteiger partial charge in [0.15, 0.2) is 0 Å². The lowest BCUT2D eigenvalue weighted by Crippen LogP contribution is -2.11. The average Bonchev–Trinajstić information content (AvgIpc) is 2.85. The fourth-order valence-electron chi connectivity index (χ4n) is 1.54. The molecule has 0 atom stereocenters. The summed E-state index contributed by atoms with van der Waals surface area (Å²) in [7, 11) is 0. The molecule has 1 heterocycles. The van der Waals surface area contributed by atoms with Crippen LogP contribution in [0, 0.1) is 11.3 Å². The lowest BCUT2D eigenvalue weighted by molar-refractivity contribution is 0.305. The van der Waals surface area contributed by atoms with E-state index in [-0.39, 0.29) is 5.41 Å². The van der Waals surface area contributed by atoms with E-state index in [1.807, 2.05) is 6.07 Å². The molecule has 0 unspecified atom stereocenters. The number of aromatic nitrogens is 1. The molecule has 0 saturated heterocycles. The maximum Gasteiger partial charge on any atom is 0.140 e. The zero-order valence-electron chi connectivity index (χ0n) is 11.6. The van der Waals surface area contributed by atoms with Crippen LogP contribution in [0.1, 0.15) is 37.0 Å². The Bertz CT molecular complexity index is 653. The van der Waals surface area contributed by atoms with Crippen molar-refractivity contribution in [1.29, 1.82) is 5.26 Å². The van der Waals surface area contributed by atoms with Crippen molar-refractivity contribution in [1.82, 2.24) is 4.98 Å². The van der Waals surface area contributed by atoms with Gasteiger partial charge in [0.1, 0.15) is 23.4 Å². The van der Waals surface area contributed by atoms with Crippen LogP contribution in [0.15, 0.2) is 23.6 Å². The number of nitrogens with zero attached hydrogens (tertiary/aromatic N) is 2. The van der Waals surface area contributed by atoms with Crippen molar-refractivity contribution in [2.75, 3.05) is 0 Å². The number of hydrogen-bond donors (Lipinski definition) is 0. The molecule has 1 aromatic heterocycles. The Hall–Kier alpha value is -1.57. The molecule has 0 bridgehead atoms. The van der Waals surface area contributed by atoms with E-state index in [1.165, 1.54) is 0 Å². The fourth-order valence-corrected chi connectivity index (χ4v) is 2.69. The van der Waals surface area contributed by atoms with Gasteiger partial charge < -0.3 is 4.74 Å². The van der Waals surface area contributed by atoms with Gasteiger partial charge in [0, 0.05) is 16.9 Å². The quantitative estimate of drug-likeness (QED) is 0.836. The molecule has 104 valence electrons. The fraction of sp³-hybridized carbons (Fsp3) is 0.333. The standard InChI is InChI=1S/C15H15ClN2OS/c1-15(2,3)13-9-20-14(18-13)8-19-11-5-4-10(7-17)12(16)6-11/h4-6,9H,8H2,1-3H3. The van der Waals surface area contributed by atoms with Crippen molar-refractivity contribution >= 4 is 22.9 Å². The van der Waals surface area contributed by atoms with Gasteiger partial charge in [0.25, 0.3) is 0 Å². The minimum absolute atomic E-state index is 0.0481. The van der Waals surface area contributed by atoms with Crippen LogP contribution in [0.3, 0.4) is 0 Å². The predicted octanol–water partition coefficient (Wildman–Crippen LogP) is 4.54. The molecule has 5 heteroatoms. The molecule has 1 aromatic carbocycles. The number of benzene rings is 1. The third kappa shape index (κ3) is 3.50. The number of rotatable bonds is 3. The molecular formula is C15H15ClN2OS. The highest BCUT2D eigenvalue weighted by Crippen LogP contribution is 2.26. The molecule has 0 aliphatic carbocycles. The minimum Gasteiger partial charge on any atom is -0.486 e. The van der Waals surface area contributed by atoms with Gasteiger partial charge in [-0.3, -0.25) is 0 Å². The molecule has 0 amide bonds. The highest BCUT2D eigenvalue weighted by Gasteiger charge is 2.17.